The SMILES string of the molecule is O=C1C2C3C=CC(C3)C2C(=O)N1N=Cc1cc([N+](=O)[O-])ccc1OCc1cccc(F)c1. The van der Waals surface area contributed by atoms with Gasteiger partial charge in [0.05, 0.1) is 23.0 Å². The number of nitro benzene ring substituents is 1. The van der Waals surface area contributed by atoms with Crippen LogP contribution in [0.1, 0.15) is 17.5 Å². The number of carbonyl (C=O) groups excluding carboxylic acids is 2. The maximum atomic E-state index is 13.4. The lowest BCUT2D eigenvalue weighted by Crippen LogP contribution is -2.28. The van der Waals surface area contributed by atoms with E-state index in [0.29, 0.717) is 5.56 Å². The van der Waals surface area contributed by atoms with Gasteiger partial charge in [0.2, 0.25) is 0 Å². The molecule has 0 aromatic heterocycles. The van der Waals surface area contributed by atoms with Crippen LogP contribution in [-0.4, -0.2) is 28.0 Å². The molecule has 0 radical (unpaired) electrons. The first-order chi connectivity index (χ1) is 15.4. The highest BCUT2D eigenvalue weighted by Gasteiger charge is 2.59. The van der Waals surface area contributed by atoms with Gasteiger partial charge in [-0.25, -0.2) is 4.39 Å². The van der Waals surface area contributed by atoms with Crippen molar-refractivity contribution in [1.29, 1.82) is 0 Å². The van der Waals surface area contributed by atoms with Gasteiger partial charge in [-0.3, -0.25) is 19.7 Å². The van der Waals surface area contributed by atoms with Crippen molar-refractivity contribution in [1.82, 2.24) is 5.01 Å². The van der Waals surface area contributed by atoms with Crippen LogP contribution < -0.4 is 4.74 Å². The molecule has 2 aromatic carbocycles. The van der Waals surface area contributed by atoms with Gasteiger partial charge in [-0.1, -0.05) is 24.3 Å². The summed E-state index contributed by atoms with van der Waals surface area (Å²) in [5, 5.41) is 16.2. The van der Waals surface area contributed by atoms with E-state index < -0.39 is 10.7 Å². The lowest BCUT2D eigenvalue weighted by Gasteiger charge is -2.13. The van der Waals surface area contributed by atoms with E-state index >= 15 is 0 Å². The van der Waals surface area contributed by atoms with Gasteiger partial charge in [0.25, 0.3) is 17.5 Å². The van der Waals surface area contributed by atoms with E-state index in [2.05, 4.69) is 5.10 Å². The van der Waals surface area contributed by atoms with E-state index in [1.54, 1.807) is 12.1 Å². The quantitative estimate of drug-likeness (QED) is 0.227. The highest BCUT2D eigenvalue weighted by Crippen LogP contribution is 2.52. The number of rotatable bonds is 6. The van der Waals surface area contributed by atoms with Gasteiger partial charge in [-0.05, 0) is 42.0 Å². The van der Waals surface area contributed by atoms with E-state index in [0.717, 1.165) is 11.4 Å². The number of amides is 2. The Morgan fingerprint density at radius 2 is 1.84 bits per heavy atom. The molecule has 32 heavy (non-hydrogen) atoms. The van der Waals surface area contributed by atoms with E-state index in [-0.39, 0.29) is 59.1 Å². The topological polar surface area (TPSA) is 102 Å². The van der Waals surface area contributed by atoms with Crippen LogP contribution in [0.5, 0.6) is 5.75 Å². The summed E-state index contributed by atoms with van der Waals surface area (Å²) in [6, 6.07) is 9.81. The zero-order valence-corrected chi connectivity index (χ0v) is 16.8. The second-order valence-electron chi connectivity index (χ2n) is 8.13. The van der Waals surface area contributed by atoms with E-state index in [9.17, 15) is 24.1 Å². The van der Waals surface area contributed by atoms with Crippen LogP contribution in [0.15, 0.2) is 59.7 Å². The Bertz CT molecular complexity index is 1160. The highest BCUT2D eigenvalue weighted by atomic mass is 19.1. The summed E-state index contributed by atoms with van der Waals surface area (Å²) in [5.41, 5.74) is 0.615. The lowest BCUT2D eigenvalue weighted by atomic mass is 9.85. The van der Waals surface area contributed by atoms with Crippen molar-refractivity contribution in [3.05, 3.63) is 81.7 Å². The fraction of sp³-hybridized carbons (Fsp3) is 0.261. The molecule has 2 amide bonds. The monoisotopic (exact) mass is 435 g/mol. The Morgan fingerprint density at radius 3 is 2.50 bits per heavy atom. The smallest absolute Gasteiger partial charge is 0.270 e. The first-order valence-electron chi connectivity index (χ1n) is 10.2. The first-order valence-corrected chi connectivity index (χ1v) is 10.2. The molecule has 2 aromatic rings. The number of carbonyl (C=O) groups is 2. The first kappa shape index (κ1) is 20.0. The van der Waals surface area contributed by atoms with Crippen molar-refractivity contribution in [2.75, 3.05) is 0 Å². The minimum absolute atomic E-state index is 0.0250. The number of halogens is 1. The van der Waals surface area contributed by atoms with Gasteiger partial charge in [0.1, 0.15) is 18.2 Å². The average Bonchev–Trinajstić information content (AvgIpc) is 3.45. The van der Waals surface area contributed by atoms with E-state index in [4.69, 9.17) is 4.74 Å². The lowest BCUT2D eigenvalue weighted by molar-refractivity contribution is -0.384. The van der Waals surface area contributed by atoms with Crippen molar-refractivity contribution in [3.63, 3.8) is 0 Å². The highest BCUT2D eigenvalue weighted by molar-refractivity contribution is 6.07. The molecule has 0 N–H and O–H groups in total. The molecular weight excluding hydrogens is 417 g/mol. The molecule has 1 heterocycles. The molecule has 0 spiro atoms. The molecule has 1 saturated heterocycles. The molecule has 1 aliphatic heterocycles. The molecule has 2 aliphatic carbocycles. The van der Waals surface area contributed by atoms with Crippen LogP contribution in [0.2, 0.25) is 0 Å². The second kappa shape index (κ2) is 7.67. The van der Waals surface area contributed by atoms with Gasteiger partial charge < -0.3 is 4.74 Å². The third-order valence-corrected chi connectivity index (χ3v) is 6.25. The third-order valence-electron chi connectivity index (χ3n) is 6.25. The number of hydrogen-bond donors (Lipinski definition) is 0. The number of ether oxygens (including phenoxy) is 1. The molecular formula is C23H18FN3O5. The van der Waals surface area contributed by atoms with Crippen LogP contribution >= 0.6 is 0 Å². The van der Waals surface area contributed by atoms with Crippen molar-refractivity contribution >= 4 is 23.7 Å². The zero-order valence-electron chi connectivity index (χ0n) is 16.8. The number of nitro groups is 1. The number of allylic oxidation sites excluding steroid dienone is 2. The Morgan fingerprint density at radius 1 is 1.12 bits per heavy atom. The van der Waals surface area contributed by atoms with Gasteiger partial charge >= 0.3 is 0 Å². The summed E-state index contributed by atoms with van der Waals surface area (Å²) in [4.78, 5) is 36.2. The Labute approximate surface area is 182 Å². The van der Waals surface area contributed by atoms with Crippen LogP contribution in [0.3, 0.4) is 0 Å². The predicted molar refractivity (Wildman–Crippen MR) is 111 cm³/mol. The molecule has 9 heteroatoms. The van der Waals surface area contributed by atoms with Crippen LogP contribution in [0.25, 0.3) is 0 Å². The number of non-ortho nitro benzene ring substituents is 1. The molecule has 3 aliphatic rings. The summed E-state index contributed by atoms with van der Waals surface area (Å²) >= 11 is 0. The molecule has 4 atom stereocenters. The third kappa shape index (κ3) is 3.35. The van der Waals surface area contributed by atoms with Crippen LogP contribution in [0, 0.1) is 39.6 Å². The number of benzene rings is 2. The minimum atomic E-state index is -0.562. The van der Waals surface area contributed by atoms with E-state index in [1.807, 2.05) is 12.2 Å². The summed E-state index contributed by atoms with van der Waals surface area (Å²) in [6.45, 7) is 0.0250. The normalized spacial score (nSPS) is 25.7. The molecule has 2 fully saturated rings. The largest absolute Gasteiger partial charge is 0.488 e. The Balaban J connectivity index is 1.40. The number of hydrazone groups is 1. The summed E-state index contributed by atoms with van der Waals surface area (Å²) < 4.78 is 19.1. The fourth-order valence-corrected chi connectivity index (χ4v) is 4.79. The van der Waals surface area contributed by atoms with E-state index in [1.165, 1.54) is 36.5 Å². The molecule has 162 valence electrons. The number of fused-ring (bicyclic) bond motifs is 5. The van der Waals surface area contributed by atoms with Gasteiger partial charge in [0, 0.05) is 17.7 Å². The molecule has 5 rings (SSSR count). The summed E-state index contributed by atoms with van der Waals surface area (Å²) in [5.74, 6) is -1.50. The summed E-state index contributed by atoms with van der Waals surface area (Å²) in [6.07, 6.45) is 6.01. The molecule has 8 nitrogen and oxygen atoms in total. The number of imide groups is 1. The van der Waals surface area contributed by atoms with Gasteiger partial charge in [-0.15, -0.1) is 0 Å². The molecule has 1 saturated carbocycles. The Kier molecular flexibility index (Phi) is 4.80. The maximum Gasteiger partial charge on any atom is 0.270 e. The number of nitrogens with zero attached hydrogens (tertiary/aromatic N) is 3. The predicted octanol–water partition coefficient (Wildman–Crippen LogP) is 3.45. The minimum Gasteiger partial charge on any atom is -0.488 e. The zero-order chi connectivity index (χ0) is 22.4. The molecule has 4 unspecified atom stereocenters. The molecule has 2 bridgehead atoms. The Hall–Kier alpha value is -3.88. The van der Waals surface area contributed by atoms with Crippen molar-refractivity contribution < 1.29 is 23.6 Å². The van der Waals surface area contributed by atoms with Crippen molar-refractivity contribution in [2.45, 2.75) is 13.0 Å². The van der Waals surface area contributed by atoms with Crippen molar-refractivity contribution in [3.8, 4) is 5.75 Å². The van der Waals surface area contributed by atoms with Crippen molar-refractivity contribution in [2.24, 2.45) is 28.8 Å². The van der Waals surface area contributed by atoms with Crippen LogP contribution in [-0.2, 0) is 16.2 Å². The van der Waals surface area contributed by atoms with Crippen LogP contribution in [0.4, 0.5) is 10.1 Å². The summed E-state index contributed by atoms with van der Waals surface area (Å²) in [7, 11) is 0. The second-order valence-corrected chi connectivity index (χ2v) is 8.13. The fourth-order valence-electron chi connectivity index (χ4n) is 4.79. The average molecular weight is 435 g/mol. The maximum absolute atomic E-state index is 13.4. The van der Waals surface area contributed by atoms with Gasteiger partial charge in [-0.2, -0.15) is 10.1 Å². The standard InChI is InChI=1S/C23H18FN3O5/c24-17-3-1-2-13(8-17)12-32-19-7-6-18(27(30)31)10-16(19)11-25-26-22(28)20-14-4-5-15(9-14)21(20)23(26)29/h1-8,10-11,14-15,20-21H,9,12H2. The van der Waals surface area contributed by atoms with Gasteiger partial charge in [0.15, 0.2) is 0 Å². The number of hydrogen-bond acceptors (Lipinski definition) is 6.